The Bertz CT molecular complexity index is 2440. The minimum Gasteiger partial charge on any atom is -0.398 e. The van der Waals surface area contributed by atoms with Crippen LogP contribution in [0.25, 0.3) is 44.5 Å². The number of hydrogen-bond acceptors (Lipinski definition) is 3. The molecule has 0 amide bonds. The number of nitro benzene ring substituents is 1. The molecule has 234 valence electrons. The Kier molecular flexibility index (Phi) is 6.56. The quantitative estimate of drug-likeness (QED) is 0.116. The van der Waals surface area contributed by atoms with Gasteiger partial charge in [0.2, 0.25) is 5.82 Å². The lowest BCUT2D eigenvalue weighted by atomic mass is 9.61. The van der Waals surface area contributed by atoms with Gasteiger partial charge in [0.05, 0.1) is 4.92 Å². The first-order valence-electron chi connectivity index (χ1n) is 16.3. The second-order valence-electron chi connectivity index (χ2n) is 12.7. The summed E-state index contributed by atoms with van der Waals surface area (Å²) in [7, 11) is 0. The van der Waals surface area contributed by atoms with E-state index in [9.17, 15) is 10.1 Å². The van der Waals surface area contributed by atoms with Gasteiger partial charge in [-0.1, -0.05) is 140 Å². The zero-order valence-corrected chi connectivity index (χ0v) is 26.3. The average Bonchev–Trinajstić information content (AvgIpc) is 3.14. The molecule has 0 heterocycles. The first kappa shape index (κ1) is 28.9. The van der Waals surface area contributed by atoms with Crippen molar-refractivity contribution in [3.63, 3.8) is 0 Å². The lowest BCUT2D eigenvalue weighted by Gasteiger charge is -2.42. The number of hydrogen-bond donors (Lipinski definition) is 1. The van der Waals surface area contributed by atoms with Gasteiger partial charge in [0.1, 0.15) is 0 Å². The molecule has 0 saturated carbocycles. The second kappa shape index (κ2) is 11.1. The van der Waals surface area contributed by atoms with E-state index >= 15 is 4.39 Å². The van der Waals surface area contributed by atoms with Crippen molar-refractivity contribution in [3.8, 4) is 44.5 Å². The van der Waals surface area contributed by atoms with E-state index in [1.165, 1.54) is 45.5 Å². The zero-order chi connectivity index (χ0) is 33.2. The summed E-state index contributed by atoms with van der Waals surface area (Å²) in [4.78, 5) is 10.9. The molecule has 0 radical (unpaired) electrons. The standard InChI is InChI=1S/C44H29FN2O2/c45-43-37(20-10-22-40(43)47(48)49)30-13-3-1-11-28(30)29-12-2-4-14-31(29)38-21-9-19-27(44(38)46)26-23-24-36-39(25-26)42-34-17-7-5-15-32(34)41(36)33-16-6-8-18-35(33)42/h1-25,41-42H,46H2. The van der Waals surface area contributed by atoms with Gasteiger partial charge >= 0.3 is 5.69 Å². The molecular formula is C44H29FN2O2. The Morgan fingerprint density at radius 2 is 0.878 bits per heavy atom. The number of nitrogens with two attached hydrogens (primary N) is 1. The van der Waals surface area contributed by atoms with Crippen molar-refractivity contribution in [3.05, 3.63) is 201 Å². The maximum absolute atomic E-state index is 15.5. The summed E-state index contributed by atoms with van der Waals surface area (Å²) in [6.07, 6.45) is 0. The van der Waals surface area contributed by atoms with Crippen LogP contribution in [0.2, 0.25) is 0 Å². The fourth-order valence-corrected chi connectivity index (χ4v) is 8.16. The molecule has 3 aliphatic rings. The molecule has 7 aromatic rings. The van der Waals surface area contributed by atoms with Crippen LogP contribution in [0.4, 0.5) is 15.8 Å². The van der Waals surface area contributed by atoms with E-state index in [4.69, 9.17) is 5.73 Å². The molecule has 2 N–H and O–H groups in total. The molecule has 0 saturated heterocycles. The van der Waals surface area contributed by atoms with Gasteiger partial charge in [0.25, 0.3) is 0 Å². The molecule has 0 fully saturated rings. The van der Waals surface area contributed by atoms with Gasteiger partial charge in [-0.2, -0.15) is 4.39 Å². The number of nitrogens with zero attached hydrogens (tertiary/aromatic N) is 1. The number of nitrogen functional groups attached to an aromatic ring is 1. The Morgan fingerprint density at radius 1 is 0.469 bits per heavy atom. The second-order valence-corrected chi connectivity index (χ2v) is 12.7. The molecule has 0 unspecified atom stereocenters. The van der Waals surface area contributed by atoms with E-state index in [1.807, 2.05) is 54.6 Å². The molecule has 0 spiro atoms. The Morgan fingerprint density at radius 3 is 1.45 bits per heavy atom. The summed E-state index contributed by atoms with van der Waals surface area (Å²) in [6, 6.07) is 50.1. The maximum atomic E-state index is 15.5. The third-order valence-electron chi connectivity index (χ3n) is 10.3. The van der Waals surface area contributed by atoms with E-state index in [2.05, 4.69) is 72.8 Å². The largest absolute Gasteiger partial charge is 0.398 e. The van der Waals surface area contributed by atoms with Crippen LogP contribution in [0.1, 0.15) is 45.2 Å². The number of nitro groups is 1. The molecule has 7 aromatic carbocycles. The van der Waals surface area contributed by atoms with Gasteiger partial charge in [0, 0.05) is 40.3 Å². The highest BCUT2D eigenvalue weighted by molar-refractivity contribution is 5.97. The summed E-state index contributed by atoms with van der Waals surface area (Å²) in [5, 5.41) is 11.6. The minimum absolute atomic E-state index is 0.156. The molecule has 2 bridgehead atoms. The van der Waals surface area contributed by atoms with Crippen LogP contribution in [0.15, 0.2) is 152 Å². The number of benzene rings is 7. The van der Waals surface area contributed by atoms with Crippen molar-refractivity contribution >= 4 is 11.4 Å². The normalized spacial score (nSPS) is 15.3. The highest BCUT2D eigenvalue weighted by Gasteiger charge is 2.41. The smallest absolute Gasteiger partial charge is 0.305 e. The fourth-order valence-electron chi connectivity index (χ4n) is 8.16. The van der Waals surface area contributed by atoms with Gasteiger partial charge in [0.15, 0.2) is 0 Å². The lowest BCUT2D eigenvalue weighted by molar-refractivity contribution is -0.387. The predicted molar refractivity (Wildman–Crippen MR) is 194 cm³/mol. The third-order valence-corrected chi connectivity index (χ3v) is 10.3. The molecule has 0 aromatic heterocycles. The van der Waals surface area contributed by atoms with Crippen molar-refractivity contribution < 1.29 is 9.31 Å². The average molecular weight is 637 g/mol. The van der Waals surface area contributed by atoms with Crippen molar-refractivity contribution in [1.29, 1.82) is 0 Å². The van der Waals surface area contributed by atoms with E-state index in [1.54, 1.807) is 12.1 Å². The van der Waals surface area contributed by atoms with Crippen LogP contribution >= 0.6 is 0 Å². The highest BCUT2D eigenvalue weighted by Crippen LogP contribution is 2.56. The molecule has 3 aliphatic carbocycles. The predicted octanol–water partition coefficient (Wildman–Crippen LogP) is 11.0. The van der Waals surface area contributed by atoms with Crippen LogP contribution in [-0.4, -0.2) is 4.92 Å². The van der Waals surface area contributed by atoms with Crippen molar-refractivity contribution in [2.24, 2.45) is 0 Å². The zero-order valence-electron chi connectivity index (χ0n) is 26.3. The van der Waals surface area contributed by atoms with Gasteiger partial charge in [-0.15, -0.1) is 0 Å². The molecule has 0 atom stereocenters. The van der Waals surface area contributed by atoms with Crippen molar-refractivity contribution in [1.82, 2.24) is 0 Å². The molecule has 0 aliphatic heterocycles. The van der Waals surface area contributed by atoms with Gasteiger partial charge in [-0.05, 0) is 67.3 Å². The van der Waals surface area contributed by atoms with Crippen LogP contribution in [0.5, 0.6) is 0 Å². The molecular weight excluding hydrogens is 607 g/mol. The summed E-state index contributed by atoms with van der Waals surface area (Å²) < 4.78 is 15.5. The lowest BCUT2D eigenvalue weighted by Crippen LogP contribution is -2.27. The van der Waals surface area contributed by atoms with Crippen molar-refractivity contribution in [2.45, 2.75) is 11.8 Å². The van der Waals surface area contributed by atoms with Crippen LogP contribution in [0.3, 0.4) is 0 Å². The van der Waals surface area contributed by atoms with Gasteiger partial charge in [-0.3, -0.25) is 10.1 Å². The number of para-hydroxylation sites is 1. The summed E-state index contributed by atoms with van der Waals surface area (Å²) >= 11 is 0. The highest BCUT2D eigenvalue weighted by atomic mass is 19.1. The van der Waals surface area contributed by atoms with Crippen LogP contribution in [-0.2, 0) is 0 Å². The molecule has 4 nitrogen and oxygen atoms in total. The maximum Gasteiger partial charge on any atom is 0.305 e. The number of anilines is 1. The van der Waals surface area contributed by atoms with E-state index in [0.717, 1.165) is 33.4 Å². The first-order valence-corrected chi connectivity index (χ1v) is 16.3. The van der Waals surface area contributed by atoms with Gasteiger partial charge < -0.3 is 5.73 Å². The summed E-state index contributed by atoms with van der Waals surface area (Å²) in [5.41, 5.74) is 21.4. The van der Waals surface area contributed by atoms with E-state index in [0.29, 0.717) is 11.3 Å². The number of halogens is 1. The third kappa shape index (κ3) is 4.36. The van der Waals surface area contributed by atoms with E-state index in [-0.39, 0.29) is 17.4 Å². The Labute approximate surface area is 283 Å². The van der Waals surface area contributed by atoms with Crippen molar-refractivity contribution in [2.75, 3.05) is 5.73 Å². The summed E-state index contributed by atoms with van der Waals surface area (Å²) in [5.74, 6) is -0.499. The molecule has 49 heavy (non-hydrogen) atoms. The monoisotopic (exact) mass is 636 g/mol. The van der Waals surface area contributed by atoms with Gasteiger partial charge in [-0.25, -0.2) is 0 Å². The fraction of sp³-hybridized carbons (Fsp3) is 0.0455. The Hall–Kier alpha value is -6.33. The molecule has 5 heteroatoms. The SMILES string of the molecule is Nc1c(-c2ccc3c(c2)C2c4ccccc4C3c3ccccc32)cccc1-c1ccccc1-c1ccccc1-c1cccc([N+](=O)[O-])c1F. The minimum atomic E-state index is -0.856. The van der Waals surface area contributed by atoms with E-state index < -0.39 is 16.4 Å². The molecule has 10 rings (SSSR count). The first-order chi connectivity index (χ1) is 24.0. The topological polar surface area (TPSA) is 69.2 Å². The number of rotatable bonds is 5. The van der Waals surface area contributed by atoms with Crippen LogP contribution < -0.4 is 5.73 Å². The summed E-state index contributed by atoms with van der Waals surface area (Å²) in [6.45, 7) is 0. The van der Waals surface area contributed by atoms with Crippen LogP contribution in [0, 0.1) is 15.9 Å². The Balaban J connectivity index is 1.17.